The van der Waals surface area contributed by atoms with Crippen molar-refractivity contribution in [3.8, 4) is 0 Å². The van der Waals surface area contributed by atoms with Crippen LogP contribution in [0.15, 0.2) is 24.3 Å². The number of anilines is 1. The zero-order chi connectivity index (χ0) is 13.5. The van der Waals surface area contributed by atoms with Gasteiger partial charge in [-0.3, -0.25) is 14.4 Å². The van der Waals surface area contributed by atoms with E-state index in [1.807, 2.05) is 0 Å². The second-order valence-corrected chi connectivity index (χ2v) is 3.44. The molecule has 0 unspecified atom stereocenters. The molecule has 0 aliphatic rings. The summed E-state index contributed by atoms with van der Waals surface area (Å²) in [6.45, 7) is 0.485. The lowest BCUT2D eigenvalue weighted by atomic mass is 10.2. The maximum absolute atomic E-state index is 11.4. The molecule has 0 bridgehead atoms. The molecule has 0 saturated heterocycles. The normalized spacial score (nSPS) is 9.61. The highest BCUT2D eigenvalue weighted by atomic mass is 16.2. The van der Waals surface area contributed by atoms with Crippen LogP contribution in [0.25, 0.3) is 0 Å². The highest BCUT2D eigenvalue weighted by Gasteiger charge is 2.12. The molecule has 7 nitrogen and oxygen atoms in total. The fraction of sp³-hybridized carbons (Fsp3) is 0.182. The zero-order valence-electron chi connectivity index (χ0n) is 9.60. The molecule has 0 aliphatic carbocycles. The molecule has 18 heavy (non-hydrogen) atoms. The molecule has 1 rings (SSSR count). The Morgan fingerprint density at radius 1 is 1.06 bits per heavy atom. The molecular weight excluding hydrogens is 236 g/mol. The molecule has 0 aromatic heterocycles. The van der Waals surface area contributed by atoms with Crippen LogP contribution in [0.1, 0.15) is 10.4 Å². The summed E-state index contributed by atoms with van der Waals surface area (Å²) in [5.74, 6) is -2.12. The summed E-state index contributed by atoms with van der Waals surface area (Å²) in [5, 5.41) is 4.70. The first-order valence-corrected chi connectivity index (χ1v) is 5.23. The van der Waals surface area contributed by atoms with Crippen molar-refractivity contribution in [1.29, 1.82) is 0 Å². The van der Waals surface area contributed by atoms with E-state index in [1.165, 1.54) is 24.3 Å². The predicted octanol–water partition coefficient (Wildman–Crippen LogP) is -1.20. The number of amides is 3. The quantitative estimate of drug-likeness (QED) is 0.500. The molecule has 1 aromatic carbocycles. The molecule has 0 radical (unpaired) electrons. The van der Waals surface area contributed by atoms with E-state index in [1.54, 1.807) is 0 Å². The summed E-state index contributed by atoms with van der Waals surface area (Å²) in [4.78, 5) is 33.4. The summed E-state index contributed by atoms with van der Waals surface area (Å²) < 4.78 is 0. The Kier molecular flexibility index (Phi) is 4.82. The fourth-order valence-corrected chi connectivity index (χ4v) is 1.17. The fourth-order valence-electron chi connectivity index (χ4n) is 1.17. The maximum atomic E-state index is 11.4. The molecule has 0 saturated carbocycles. The van der Waals surface area contributed by atoms with Crippen molar-refractivity contribution >= 4 is 23.4 Å². The van der Waals surface area contributed by atoms with E-state index in [0.29, 0.717) is 11.3 Å². The van der Waals surface area contributed by atoms with Crippen LogP contribution in [0.4, 0.5) is 5.69 Å². The monoisotopic (exact) mass is 250 g/mol. The summed E-state index contributed by atoms with van der Waals surface area (Å²) >= 11 is 0. The van der Waals surface area contributed by atoms with E-state index in [4.69, 9.17) is 11.5 Å². The molecule has 6 N–H and O–H groups in total. The molecule has 0 fully saturated rings. The van der Waals surface area contributed by atoms with Crippen molar-refractivity contribution in [1.82, 2.24) is 5.32 Å². The van der Waals surface area contributed by atoms with Crippen molar-refractivity contribution in [2.45, 2.75) is 0 Å². The Morgan fingerprint density at radius 2 is 1.67 bits per heavy atom. The van der Waals surface area contributed by atoms with Gasteiger partial charge < -0.3 is 22.1 Å². The van der Waals surface area contributed by atoms with Crippen molar-refractivity contribution < 1.29 is 14.4 Å². The minimum absolute atomic E-state index is 0.229. The standard InChI is InChI=1S/C11H14N4O3/c12-5-6-14-10(17)11(18)15-8-3-1-7(2-4-8)9(13)16/h1-4H,5-6,12H2,(H2,13,16)(H,14,17)(H,15,18). The predicted molar refractivity (Wildman–Crippen MR) is 65.7 cm³/mol. The summed E-state index contributed by atoms with van der Waals surface area (Å²) in [6, 6.07) is 5.87. The van der Waals surface area contributed by atoms with Crippen molar-refractivity contribution in [3.63, 3.8) is 0 Å². The van der Waals surface area contributed by atoms with Gasteiger partial charge in [-0.2, -0.15) is 0 Å². The minimum Gasteiger partial charge on any atom is -0.366 e. The van der Waals surface area contributed by atoms with Crippen LogP contribution in [0, 0.1) is 0 Å². The molecule has 0 heterocycles. The molecular formula is C11H14N4O3. The van der Waals surface area contributed by atoms with E-state index in [9.17, 15) is 14.4 Å². The number of rotatable bonds is 4. The van der Waals surface area contributed by atoms with E-state index in [0.717, 1.165) is 0 Å². The molecule has 96 valence electrons. The van der Waals surface area contributed by atoms with E-state index in [2.05, 4.69) is 10.6 Å². The highest BCUT2D eigenvalue weighted by Crippen LogP contribution is 2.08. The number of carbonyl (C=O) groups excluding carboxylic acids is 3. The lowest BCUT2D eigenvalue weighted by Crippen LogP contribution is -2.37. The third-order valence-electron chi connectivity index (χ3n) is 2.06. The Bertz CT molecular complexity index is 456. The Labute approximate surface area is 104 Å². The first-order chi connectivity index (χ1) is 8.54. The molecule has 3 amide bonds. The summed E-state index contributed by atoms with van der Waals surface area (Å²) in [7, 11) is 0. The van der Waals surface area contributed by atoms with Gasteiger partial charge in [0.25, 0.3) is 0 Å². The number of primary amides is 1. The lowest BCUT2D eigenvalue weighted by Gasteiger charge is -2.05. The Balaban J connectivity index is 2.59. The van der Waals surface area contributed by atoms with Gasteiger partial charge in [-0.05, 0) is 24.3 Å². The Morgan fingerprint density at radius 3 is 2.17 bits per heavy atom. The SMILES string of the molecule is NCCNC(=O)C(=O)Nc1ccc(C(N)=O)cc1. The Hall–Kier alpha value is -2.41. The third kappa shape index (κ3) is 3.87. The molecule has 0 aliphatic heterocycles. The summed E-state index contributed by atoms with van der Waals surface area (Å²) in [6.07, 6.45) is 0. The second kappa shape index (κ2) is 6.36. The zero-order valence-corrected chi connectivity index (χ0v) is 9.60. The van der Waals surface area contributed by atoms with Gasteiger partial charge in [0, 0.05) is 24.3 Å². The topological polar surface area (TPSA) is 127 Å². The molecule has 0 atom stereocenters. The van der Waals surface area contributed by atoms with Gasteiger partial charge in [-0.25, -0.2) is 0 Å². The van der Waals surface area contributed by atoms with Gasteiger partial charge in [-0.1, -0.05) is 0 Å². The van der Waals surface area contributed by atoms with Crippen LogP contribution in [0.5, 0.6) is 0 Å². The third-order valence-corrected chi connectivity index (χ3v) is 2.06. The highest BCUT2D eigenvalue weighted by molar-refractivity contribution is 6.39. The van der Waals surface area contributed by atoms with Crippen LogP contribution in [0.3, 0.4) is 0 Å². The first-order valence-electron chi connectivity index (χ1n) is 5.23. The van der Waals surface area contributed by atoms with Crippen molar-refractivity contribution in [2.75, 3.05) is 18.4 Å². The number of nitrogens with two attached hydrogens (primary N) is 2. The van der Waals surface area contributed by atoms with Gasteiger partial charge in [0.05, 0.1) is 0 Å². The van der Waals surface area contributed by atoms with Gasteiger partial charge in [0.1, 0.15) is 0 Å². The van der Waals surface area contributed by atoms with E-state index >= 15 is 0 Å². The van der Waals surface area contributed by atoms with Gasteiger partial charge in [0.2, 0.25) is 5.91 Å². The minimum atomic E-state index is -0.796. The van der Waals surface area contributed by atoms with Gasteiger partial charge >= 0.3 is 11.8 Å². The number of benzene rings is 1. The molecule has 7 heteroatoms. The smallest absolute Gasteiger partial charge is 0.313 e. The number of hydrogen-bond acceptors (Lipinski definition) is 4. The second-order valence-electron chi connectivity index (χ2n) is 3.44. The lowest BCUT2D eigenvalue weighted by molar-refractivity contribution is -0.136. The summed E-state index contributed by atoms with van der Waals surface area (Å²) in [5.41, 5.74) is 11.0. The average Bonchev–Trinajstić information content (AvgIpc) is 2.36. The molecule has 0 spiro atoms. The number of hydrogen-bond donors (Lipinski definition) is 4. The van der Waals surface area contributed by atoms with E-state index < -0.39 is 17.7 Å². The average molecular weight is 250 g/mol. The van der Waals surface area contributed by atoms with Crippen LogP contribution in [0.2, 0.25) is 0 Å². The van der Waals surface area contributed by atoms with Crippen molar-refractivity contribution in [2.24, 2.45) is 11.5 Å². The van der Waals surface area contributed by atoms with Crippen LogP contribution in [-0.4, -0.2) is 30.8 Å². The van der Waals surface area contributed by atoms with Gasteiger partial charge in [0.15, 0.2) is 0 Å². The van der Waals surface area contributed by atoms with Crippen LogP contribution >= 0.6 is 0 Å². The molecule has 1 aromatic rings. The van der Waals surface area contributed by atoms with Crippen LogP contribution < -0.4 is 22.1 Å². The maximum Gasteiger partial charge on any atom is 0.313 e. The van der Waals surface area contributed by atoms with E-state index in [-0.39, 0.29) is 13.1 Å². The number of nitrogens with one attached hydrogen (secondary N) is 2. The number of carbonyl (C=O) groups is 3. The van der Waals surface area contributed by atoms with Crippen molar-refractivity contribution in [3.05, 3.63) is 29.8 Å². The van der Waals surface area contributed by atoms with Crippen LogP contribution in [-0.2, 0) is 9.59 Å². The van der Waals surface area contributed by atoms with Gasteiger partial charge in [-0.15, -0.1) is 0 Å². The largest absolute Gasteiger partial charge is 0.366 e. The first kappa shape index (κ1) is 13.7.